The summed E-state index contributed by atoms with van der Waals surface area (Å²) in [6, 6.07) is 31.5. The van der Waals surface area contributed by atoms with Gasteiger partial charge in [-0.25, -0.2) is 4.79 Å². The van der Waals surface area contributed by atoms with Gasteiger partial charge in [-0.2, -0.15) is 0 Å². The van der Waals surface area contributed by atoms with Crippen molar-refractivity contribution >= 4 is 47.3 Å². The van der Waals surface area contributed by atoms with Crippen molar-refractivity contribution in [3.8, 4) is 17.2 Å². The number of urea groups is 1. The third kappa shape index (κ3) is 9.80. The summed E-state index contributed by atoms with van der Waals surface area (Å²) in [7, 11) is 0. The molecule has 1 fully saturated rings. The number of hydrogen-bond acceptors (Lipinski definition) is 6. The molecule has 0 radical (unpaired) electrons. The van der Waals surface area contributed by atoms with E-state index in [1.807, 2.05) is 77.7 Å². The molecule has 44 heavy (non-hydrogen) atoms. The van der Waals surface area contributed by atoms with E-state index in [9.17, 15) is 9.59 Å². The number of nitrogens with one attached hydrogen (secondary N) is 2. The first-order valence-corrected chi connectivity index (χ1v) is 14.3. The van der Waals surface area contributed by atoms with Crippen LogP contribution in [-0.2, 0) is 11.3 Å². The molecule has 0 aliphatic carbocycles. The molecule has 0 bridgehead atoms. The Morgan fingerprint density at radius 3 is 1.95 bits per heavy atom. The highest BCUT2D eigenvalue weighted by atomic mass is 35.5. The van der Waals surface area contributed by atoms with Gasteiger partial charge in [-0.05, 0) is 66.2 Å². The highest BCUT2D eigenvalue weighted by molar-refractivity contribution is 6.30. The molecule has 0 unspecified atom stereocenters. The number of hydrogen-bond donors (Lipinski definition) is 2. The van der Waals surface area contributed by atoms with Crippen molar-refractivity contribution in [3.63, 3.8) is 0 Å². The van der Waals surface area contributed by atoms with Crippen LogP contribution in [0.2, 0.25) is 5.02 Å². The minimum Gasteiger partial charge on any atom is -0.484 e. The maximum absolute atomic E-state index is 12.4. The predicted octanol–water partition coefficient (Wildman–Crippen LogP) is 6.54. The molecule has 2 aliphatic rings. The highest BCUT2D eigenvalue weighted by Crippen LogP contribution is 2.32. The molecule has 4 aromatic rings. The topological polar surface area (TPSA) is 92.4 Å². The van der Waals surface area contributed by atoms with Gasteiger partial charge in [0.05, 0.1) is 0 Å². The normalized spacial score (nSPS) is 13.5. The number of anilines is 2. The number of para-hydroxylation sites is 2. The minimum absolute atomic E-state index is 0. The Kier molecular flexibility index (Phi) is 12.1. The van der Waals surface area contributed by atoms with Gasteiger partial charge in [0, 0.05) is 49.1 Å². The molecule has 9 nitrogen and oxygen atoms in total. The van der Waals surface area contributed by atoms with E-state index in [1.165, 1.54) is 5.56 Å². The Hall–Kier alpha value is -4.44. The fourth-order valence-electron chi connectivity index (χ4n) is 4.56. The summed E-state index contributed by atoms with van der Waals surface area (Å²) in [5.41, 5.74) is 2.73. The van der Waals surface area contributed by atoms with E-state index in [0.29, 0.717) is 23.9 Å². The van der Waals surface area contributed by atoms with Crippen molar-refractivity contribution in [2.45, 2.75) is 6.54 Å². The first-order chi connectivity index (χ1) is 21.0. The number of ether oxygens (including phenoxy) is 3. The summed E-state index contributed by atoms with van der Waals surface area (Å²) in [6.07, 6.45) is 0. The molecule has 2 heterocycles. The van der Waals surface area contributed by atoms with Gasteiger partial charge in [0.15, 0.2) is 18.1 Å². The Bertz CT molecular complexity index is 1440. The third-order valence-corrected chi connectivity index (χ3v) is 7.06. The van der Waals surface area contributed by atoms with Crippen molar-refractivity contribution in [2.24, 2.45) is 0 Å². The lowest BCUT2D eigenvalue weighted by Gasteiger charge is -2.34. The molecule has 0 aromatic heterocycles. The average Bonchev–Trinajstić information content (AvgIpc) is 3.50. The summed E-state index contributed by atoms with van der Waals surface area (Å²) >= 11 is 5.85. The van der Waals surface area contributed by atoms with E-state index in [-0.39, 0.29) is 37.7 Å². The summed E-state index contributed by atoms with van der Waals surface area (Å²) in [4.78, 5) is 28.1. The van der Waals surface area contributed by atoms with Gasteiger partial charge in [-0.3, -0.25) is 9.69 Å². The van der Waals surface area contributed by atoms with E-state index < -0.39 is 0 Å². The molecule has 2 N–H and O–H groups in total. The molecule has 0 spiro atoms. The smallest absolute Gasteiger partial charge is 0.323 e. The van der Waals surface area contributed by atoms with Gasteiger partial charge in [-0.15, -0.1) is 12.4 Å². The van der Waals surface area contributed by atoms with E-state index in [1.54, 1.807) is 24.3 Å². The fraction of sp³-hybridized carbons (Fsp3) is 0.212. The van der Waals surface area contributed by atoms with Crippen LogP contribution < -0.4 is 24.8 Å². The van der Waals surface area contributed by atoms with E-state index in [0.717, 1.165) is 42.5 Å². The van der Waals surface area contributed by atoms with Crippen LogP contribution in [-0.4, -0.2) is 61.3 Å². The number of carbonyl (C=O) groups is 2. The number of piperazine rings is 1. The maximum Gasteiger partial charge on any atom is 0.323 e. The lowest BCUT2D eigenvalue weighted by molar-refractivity contribution is -0.135. The zero-order chi connectivity index (χ0) is 29.9. The van der Waals surface area contributed by atoms with Crippen LogP contribution in [0.5, 0.6) is 17.2 Å². The number of rotatable bonds is 7. The average molecular weight is 638 g/mol. The van der Waals surface area contributed by atoms with Gasteiger partial charge in [-0.1, -0.05) is 54.1 Å². The Labute approximate surface area is 268 Å². The standard InChI is InChI=1S/C20H21ClN2O4.C13H12N2O.ClH/c21-16-2-4-17(5-3-16)25-13-20(24)23-9-7-22(8-10-23)12-15-1-6-18-19(11-15)27-14-26-18;16-13(14-11-7-3-1-4-8-11)15-12-9-5-2-6-10-12;/h1-6,11H,7-10,12-14H2;1-10H,(H2,14,15,16);1H. The molecule has 0 saturated carbocycles. The van der Waals surface area contributed by atoms with Crippen molar-refractivity contribution in [1.82, 2.24) is 9.80 Å². The van der Waals surface area contributed by atoms with Crippen LogP contribution in [0.15, 0.2) is 103 Å². The number of halogens is 2. The van der Waals surface area contributed by atoms with Gasteiger partial charge < -0.3 is 29.7 Å². The monoisotopic (exact) mass is 636 g/mol. The highest BCUT2D eigenvalue weighted by Gasteiger charge is 2.22. The van der Waals surface area contributed by atoms with Crippen LogP contribution in [0.4, 0.5) is 16.2 Å². The lowest BCUT2D eigenvalue weighted by atomic mass is 10.1. The zero-order valence-corrected chi connectivity index (χ0v) is 25.6. The zero-order valence-electron chi connectivity index (χ0n) is 24.0. The predicted molar refractivity (Wildman–Crippen MR) is 174 cm³/mol. The summed E-state index contributed by atoms with van der Waals surface area (Å²) < 4.78 is 16.3. The molecule has 3 amide bonds. The molecular weight excluding hydrogens is 603 g/mol. The lowest BCUT2D eigenvalue weighted by Crippen LogP contribution is -2.49. The Morgan fingerprint density at radius 1 is 0.750 bits per heavy atom. The van der Waals surface area contributed by atoms with Crippen LogP contribution in [0.25, 0.3) is 0 Å². The minimum atomic E-state index is -0.239. The molecule has 2 aliphatic heterocycles. The van der Waals surface area contributed by atoms with Crippen molar-refractivity contribution in [2.75, 3.05) is 50.2 Å². The first-order valence-electron chi connectivity index (χ1n) is 14.0. The SMILES string of the molecule is Cl.O=C(COc1ccc(Cl)cc1)N1CCN(Cc2ccc3c(c2)OCO3)CC1.O=C(Nc1ccccc1)Nc1ccccc1. The molecule has 1 saturated heterocycles. The van der Waals surface area contributed by atoms with E-state index in [4.69, 9.17) is 25.8 Å². The molecule has 4 aromatic carbocycles. The molecule has 230 valence electrons. The summed E-state index contributed by atoms with van der Waals surface area (Å²) in [5, 5.41) is 6.13. The number of nitrogens with zero attached hydrogens (tertiary/aromatic N) is 2. The van der Waals surface area contributed by atoms with Gasteiger partial charge in [0.2, 0.25) is 6.79 Å². The van der Waals surface area contributed by atoms with Gasteiger partial charge >= 0.3 is 6.03 Å². The van der Waals surface area contributed by atoms with E-state index >= 15 is 0 Å². The van der Waals surface area contributed by atoms with Crippen LogP contribution in [0.3, 0.4) is 0 Å². The molecular formula is C33H34Cl2N4O5. The van der Waals surface area contributed by atoms with Gasteiger partial charge in [0.1, 0.15) is 5.75 Å². The first kappa shape index (κ1) is 32.5. The maximum atomic E-state index is 12.4. The summed E-state index contributed by atoms with van der Waals surface area (Å²) in [6.45, 7) is 4.24. The van der Waals surface area contributed by atoms with Crippen LogP contribution in [0, 0.1) is 0 Å². The largest absolute Gasteiger partial charge is 0.484 e. The van der Waals surface area contributed by atoms with Gasteiger partial charge in [0.25, 0.3) is 5.91 Å². The van der Waals surface area contributed by atoms with Crippen molar-refractivity contribution in [3.05, 3.63) is 114 Å². The van der Waals surface area contributed by atoms with Crippen molar-refractivity contribution < 1.29 is 23.8 Å². The Balaban J connectivity index is 0.000000223. The second-order valence-corrected chi connectivity index (χ2v) is 10.3. The molecule has 6 rings (SSSR count). The number of fused-ring (bicyclic) bond motifs is 1. The van der Waals surface area contributed by atoms with Crippen molar-refractivity contribution in [1.29, 1.82) is 0 Å². The van der Waals surface area contributed by atoms with E-state index in [2.05, 4.69) is 21.6 Å². The number of carbonyl (C=O) groups excluding carboxylic acids is 2. The quantitative estimate of drug-likeness (QED) is 0.239. The fourth-order valence-corrected chi connectivity index (χ4v) is 4.68. The third-order valence-electron chi connectivity index (χ3n) is 6.81. The number of amides is 3. The molecule has 0 atom stereocenters. The second-order valence-electron chi connectivity index (χ2n) is 9.90. The molecule has 11 heteroatoms. The Morgan fingerprint density at radius 2 is 1.34 bits per heavy atom. The second kappa shape index (κ2) is 16.4. The summed E-state index contributed by atoms with van der Waals surface area (Å²) in [5.74, 6) is 2.26. The van der Waals surface area contributed by atoms with Crippen LogP contribution in [0.1, 0.15) is 5.56 Å². The van der Waals surface area contributed by atoms with Crippen LogP contribution >= 0.6 is 24.0 Å². The number of benzene rings is 4.